The van der Waals surface area contributed by atoms with Gasteiger partial charge in [-0.05, 0) is 17.0 Å². The SMILES string of the molecule is COC(=O)[C@H]1O[C@@H](OC(CN=[N+]=[N-])COc2cccc3ccccc23)[C@H](OC(C)=O)C(OC(C)=O)[C@@H]1OC(C)=O. The van der Waals surface area contributed by atoms with Gasteiger partial charge >= 0.3 is 23.9 Å². The van der Waals surface area contributed by atoms with E-state index in [0.717, 1.165) is 38.7 Å². The molecule has 3 rings (SSSR count). The Balaban J connectivity index is 1.95. The maximum Gasteiger partial charge on any atom is 0.339 e. The van der Waals surface area contributed by atoms with Gasteiger partial charge < -0.3 is 33.2 Å². The van der Waals surface area contributed by atoms with E-state index < -0.39 is 60.7 Å². The number of carbonyl (C=O) groups excluding carboxylic acids is 4. The lowest BCUT2D eigenvalue weighted by Gasteiger charge is -2.43. The topological polar surface area (TPSA) is 182 Å². The molecule has 2 aromatic carbocycles. The maximum atomic E-state index is 12.6. The van der Waals surface area contributed by atoms with Crippen LogP contribution in [0.2, 0.25) is 0 Å². The highest BCUT2D eigenvalue weighted by atomic mass is 16.7. The fourth-order valence-corrected chi connectivity index (χ4v) is 4.15. The van der Waals surface area contributed by atoms with Crippen LogP contribution in [-0.2, 0) is 47.6 Å². The number of esters is 4. The summed E-state index contributed by atoms with van der Waals surface area (Å²) in [5.41, 5.74) is 8.92. The van der Waals surface area contributed by atoms with Crippen LogP contribution in [0.5, 0.6) is 5.75 Å². The van der Waals surface area contributed by atoms with Gasteiger partial charge in [-0.15, -0.1) is 0 Å². The quantitative estimate of drug-likeness (QED) is 0.130. The van der Waals surface area contributed by atoms with E-state index in [1.807, 2.05) is 36.4 Å². The first-order chi connectivity index (χ1) is 19.1. The lowest BCUT2D eigenvalue weighted by atomic mass is 9.97. The van der Waals surface area contributed by atoms with Crippen molar-refractivity contribution in [3.05, 3.63) is 52.9 Å². The predicted octanol–water partition coefficient (Wildman–Crippen LogP) is 2.61. The Hall–Kier alpha value is -4.39. The van der Waals surface area contributed by atoms with Crippen molar-refractivity contribution in [3.63, 3.8) is 0 Å². The molecule has 0 aromatic heterocycles. The molecule has 2 unspecified atom stereocenters. The van der Waals surface area contributed by atoms with Gasteiger partial charge in [0, 0.05) is 31.1 Å². The molecular formula is C26H29N3O11. The second-order valence-electron chi connectivity index (χ2n) is 8.63. The van der Waals surface area contributed by atoms with Gasteiger partial charge in [-0.25, -0.2) is 4.79 Å². The van der Waals surface area contributed by atoms with E-state index in [9.17, 15) is 19.2 Å². The van der Waals surface area contributed by atoms with Gasteiger partial charge in [0.05, 0.1) is 13.7 Å². The number of ether oxygens (including phenoxy) is 7. The van der Waals surface area contributed by atoms with Crippen LogP contribution >= 0.6 is 0 Å². The van der Waals surface area contributed by atoms with Gasteiger partial charge in [-0.1, -0.05) is 41.5 Å². The third kappa shape index (κ3) is 7.82. The van der Waals surface area contributed by atoms with Crippen molar-refractivity contribution in [2.75, 3.05) is 20.3 Å². The van der Waals surface area contributed by atoms with Crippen molar-refractivity contribution in [1.29, 1.82) is 0 Å². The van der Waals surface area contributed by atoms with Gasteiger partial charge in [-0.2, -0.15) is 0 Å². The second kappa shape index (κ2) is 14.1. The van der Waals surface area contributed by atoms with Crippen molar-refractivity contribution < 1.29 is 52.3 Å². The minimum Gasteiger partial charge on any atom is -0.490 e. The number of fused-ring (bicyclic) bond motifs is 1. The number of azide groups is 1. The van der Waals surface area contributed by atoms with Crippen molar-refractivity contribution >= 4 is 34.6 Å². The third-order valence-corrected chi connectivity index (χ3v) is 5.68. The Labute approximate surface area is 229 Å². The lowest BCUT2D eigenvalue weighted by Crippen LogP contribution is -2.64. The molecular weight excluding hydrogens is 530 g/mol. The number of hydrogen-bond acceptors (Lipinski definition) is 12. The van der Waals surface area contributed by atoms with Crippen molar-refractivity contribution in [2.45, 2.75) is 57.6 Å². The van der Waals surface area contributed by atoms with Crippen molar-refractivity contribution in [2.24, 2.45) is 5.11 Å². The summed E-state index contributed by atoms with van der Waals surface area (Å²) in [4.78, 5) is 51.2. The molecule has 1 fully saturated rings. The zero-order valence-corrected chi connectivity index (χ0v) is 22.3. The Morgan fingerprint density at radius 3 is 2.20 bits per heavy atom. The number of rotatable bonds is 11. The van der Waals surface area contributed by atoms with Gasteiger partial charge in [0.2, 0.25) is 0 Å². The summed E-state index contributed by atoms with van der Waals surface area (Å²) in [6.45, 7) is 2.84. The molecule has 0 saturated carbocycles. The monoisotopic (exact) mass is 559 g/mol. The molecule has 0 amide bonds. The standard InChI is InChI=1S/C26H29N3O11/c1-14(30)36-21-22(37-15(2)31)24(38-16(3)32)26(40-23(21)25(33)34-4)39-18(12-28-29-27)13-35-20-11-7-9-17-8-5-6-10-19(17)20/h5-11,18,21-24,26H,12-13H2,1-4H3/t18?,21-,22?,23-,24+,26+/m0/s1. The van der Waals surface area contributed by atoms with Crippen molar-refractivity contribution in [1.82, 2.24) is 0 Å². The highest BCUT2D eigenvalue weighted by Crippen LogP contribution is 2.31. The van der Waals surface area contributed by atoms with Gasteiger partial charge in [0.1, 0.15) is 18.5 Å². The van der Waals surface area contributed by atoms with E-state index in [4.69, 9.17) is 38.7 Å². The molecule has 0 spiro atoms. The van der Waals surface area contributed by atoms with Crippen LogP contribution in [0.1, 0.15) is 20.8 Å². The van der Waals surface area contributed by atoms with Crippen molar-refractivity contribution in [3.8, 4) is 5.75 Å². The van der Waals surface area contributed by atoms with Crippen LogP contribution in [0.3, 0.4) is 0 Å². The van der Waals surface area contributed by atoms with Crippen LogP contribution in [0.15, 0.2) is 47.6 Å². The predicted molar refractivity (Wildman–Crippen MR) is 136 cm³/mol. The molecule has 1 heterocycles. The molecule has 0 aliphatic carbocycles. The summed E-state index contributed by atoms with van der Waals surface area (Å²) in [7, 11) is 1.08. The molecule has 2 aromatic rings. The third-order valence-electron chi connectivity index (χ3n) is 5.68. The number of methoxy groups -OCH3 is 1. The van der Waals surface area contributed by atoms with E-state index >= 15 is 0 Å². The largest absolute Gasteiger partial charge is 0.490 e. The zero-order valence-electron chi connectivity index (χ0n) is 22.3. The molecule has 0 bridgehead atoms. The summed E-state index contributed by atoms with van der Waals surface area (Å²) in [6.07, 6.45) is -8.77. The maximum absolute atomic E-state index is 12.6. The van der Waals surface area contributed by atoms with E-state index in [-0.39, 0.29) is 13.2 Å². The average molecular weight is 560 g/mol. The smallest absolute Gasteiger partial charge is 0.339 e. The number of nitrogens with zero attached hydrogens (tertiary/aromatic N) is 3. The molecule has 14 nitrogen and oxygen atoms in total. The number of carbonyl (C=O) groups is 4. The molecule has 14 heteroatoms. The fraction of sp³-hybridized carbons (Fsp3) is 0.462. The van der Waals surface area contributed by atoms with E-state index in [2.05, 4.69) is 10.0 Å². The molecule has 1 aliphatic heterocycles. The number of benzene rings is 2. The van der Waals surface area contributed by atoms with Gasteiger partial charge in [-0.3, -0.25) is 14.4 Å². The molecule has 0 N–H and O–H groups in total. The summed E-state index contributed by atoms with van der Waals surface area (Å²) in [5, 5.41) is 5.31. The van der Waals surface area contributed by atoms with Crippen LogP contribution < -0.4 is 4.74 Å². The molecule has 1 saturated heterocycles. The summed E-state index contributed by atoms with van der Waals surface area (Å²) < 4.78 is 38.5. The fourth-order valence-electron chi connectivity index (χ4n) is 4.15. The molecule has 6 atom stereocenters. The molecule has 214 valence electrons. The van der Waals surface area contributed by atoms with Gasteiger partial charge in [0.15, 0.2) is 30.7 Å². The first-order valence-corrected chi connectivity index (χ1v) is 12.2. The van der Waals surface area contributed by atoms with Crippen LogP contribution in [0.25, 0.3) is 21.2 Å². The minimum atomic E-state index is -1.63. The number of hydrogen-bond donors (Lipinski definition) is 0. The highest BCUT2D eigenvalue weighted by Gasteiger charge is 2.55. The van der Waals surface area contributed by atoms with Crippen LogP contribution in [0.4, 0.5) is 0 Å². The van der Waals surface area contributed by atoms with Crippen LogP contribution in [0, 0.1) is 0 Å². The average Bonchev–Trinajstić information content (AvgIpc) is 2.91. The summed E-state index contributed by atoms with van der Waals surface area (Å²) in [6, 6.07) is 13.0. The zero-order chi connectivity index (χ0) is 29.2. The summed E-state index contributed by atoms with van der Waals surface area (Å²) in [5.74, 6) is -2.92. The van der Waals surface area contributed by atoms with E-state index in [0.29, 0.717) is 5.75 Å². The van der Waals surface area contributed by atoms with E-state index in [1.54, 1.807) is 6.07 Å². The summed E-state index contributed by atoms with van der Waals surface area (Å²) >= 11 is 0. The van der Waals surface area contributed by atoms with E-state index in [1.165, 1.54) is 0 Å². The van der Waals surface area contributed by atoms with Gasteiger partial charge in [0.25, 0.3) is 0 Å². The first kappa shape index (κ1) is 30.2. The highest BCUT2D eigenvalue weighted by molar-refractivity contribution is 5.88. The second-order valence-corrected chi connectivity index (χ2v) is 8.63. The Morgan fingerprint density at radius 1 is 0.925 bits per heavy atom. The first-order valence-electron chi connectivity index (χ1n) is 12.2. The normalized spacial score (nSPS) is 22.8. The lowest BCUT2D eigenvalue weighted by molar-refractivity contribution is -0.310. The molecule has 1 aliphatic rings. The molecule has 0 radical (unpaired) electrons. The Bertz CT molecular complexity index is 1270. The van der Waals surface area contributed by atoms with Crippen LogP contribution in [-0.4, -0.2) is 80.9 Å². The molecule has 40 heavy (non-hydrogen) atoms. The minimum absolute atomic E-state index is 0.159. The Kier molecular flexibility index (Phi) is 10.6. The Morgan fingerprint density at radius 2 is 1.55 bits per heavy atom.